The van der Waals surface area contributed by atoms with Gasteiger partial charge in [-0.15, -0.1) is 0 Å². The highest BCUT2D eigenvalue weighted by Crippen LogP contribution is 2.12. The third-order valence-electron chi connectivity index (χ3n) is 2.30. The fourth-order valence-corrected chi connectivity index (χ4v) is 1.61. The Bertz CT molecular complexity index is 325. The largest absolute Gasteiger partial charge is 0.624 e. The third kappa shape index (κ3) is 1.02. The van der Waals surface area contributed by atoms with Crippen LogP contribution in [-0.4, -0.2) is 22.1 Å². The Morgan fingerprint density at radius 2 is 2.50 bits per heavy atom. The molecule has 0 aliphatic carbocycles. The molecule has 0 spiro atoms. The van der Waals surface area contributed by atoms with Crippen LogP contribution < -0.4 is 0 Å². The van der Waals surface area contributed by atoms with Gasteiger partial charge in [0.2, 0.25) is 0 Å². The zero-order chi connectivity index (χ0) is 8.55. The van der Waals surface area contributed by atoms with Gasteiger partial charge in [0, 0.05) is 19.2 Å². The highest BCUT2D eigenvalue weighted by Gasteiger charge is 2.14. The fourth-order valence-electron chi connectivity index (χ4n) is 1.61. The van der Waals surface area contributed by atoms with Gasteiger partial charge < -0.3 is 9.77 Å². The second-order valence-corrected chi connectivity index (χ2v) is 3.03. The highest BCUT2D eigenvalue weighted by atomic mass is 16.5. The van der Waals surface area contributed by atoms with Crippen LogP contribution >= 0.6 is 0 Å². The van der Waals surface area contributed by atoms with E-state index in [9.17, 15) is 5.21 Å². The van der Waals surface area contributed by atoms with Crippen molar-refractivity contribution >= 4 is 6.21 Å². The second-order valence-electron chi connectivity index (χ2n) is 3.03. The molecule has 0 saturated carbocycles. The number of aromatic nitrogens is 1. The number of rotatable bonds is 1. The van der Waals surface area contributed by atoms with Crippen molar-refractivity contribution in [2.24, 2.45) is 0 Å². The number of aryl methyl sites for hydroxylation is 1. The van der Waals surface area contributed by atoms with E-state index in [-0.39, 0.29) is 0 Å². The molecule has 0 N–H and O–H groups in total. The SMILES string of the molecule is CCn1ccc2c1C=[N+]([O-])CC2. The predicted molar refractivity (Wildman–Crippen MR) is 47.5 cm³/mol. The minimum atomic E-state index is 0.598. The molecule has 1 aliphatic rings. The summed E-state index contributed by atoms with van der Waals surface area (Å²) in [6.45, 7) is 3.61. The number of hydrogen-bond donors (Lipinski definition) is 0. The van der Waals surface area contributed by atoms with Crippen molar-refractivity contribution in [2.75, 3.05) is 6.54 Å². The number of nitrogens with zero attached hydrogens (tertiary/aromatic N) is 2. The molecular formula is C9H12N2O. The van der Waals surface area contributed by atoms with E-state index in [1.165, 1.54) is 5.56 Å². The molecule has 64 valence electrons. The van der Waals surface area contributed by atoms with Gasteiger partial charge in [0.1, 0.15) is 5.69 Å². The Hall–Kier alpha value is -1.25. The lowest BCUT2D eigenvalue weighted by molar-refractivity contribution is -0.453. The predicted octanol–water partition coefficient (Wildman–Crippen LogP) is 0.993. The minimum absolute atomic E-state index is 0.598. The van der Waals surface area contributed by atoms with E-state index < -0.39 is 0 Å². The lowest BCUT2D eigenvalue weighted by Crippen LogP contribution is -2.18. The summed E-state index contributed by atoms with van der Waals surface area (Å²) < 4.78 is 3.11. The van der Waals surface area contributed by atoms with E-state index >= 15 is 0 Å². The standard InChI is InChI=1S/C9H12N2O/c1-2-10-5-3-8-4-6-11(12)7-9(8)10/h3,5,7H,2,4,6H2,1H3. The maximum Gasteiger partial charge on any atom is 0.198 e. The zero-order valence-corrected chi connectivity index (χ0v) is 7.16. The summed E-state index contributed by atoms with van der Waals surface area (Å²) in [4.78, 5) is 0. The summed E-state index contributed by atoms with van der Waals surface area (Å²) in [5, 5.41) is 11.0. The van der Waals surface area contributed by atoms with E-state index in [1.807, 2.05) is 6.20 Å². The van der Waals surface area contributed by atoms with Crippen LogP contribution in [0.1, 0.15) is 18.2 Å². The first-order chi connectivity index (χ1) is 5.81. The fraction of sp³-hybridized carbons (Fsp3) is 0.444. The first kappa shape index (κ1) is 7.40. The molecule has 1 aliphatic heterocycles. The smallest absolute Gasteiger partial charge is 0.198 e. The van der Waals surface area contributed by atoms with Crippen LogP contribution in [0.15, 0.2) is 12.3 Å². The molecule has 0 aromatic carbocycles. The van der Waals surface area contributed by atoms with Gasteiger partial charge in [-0.1, -0.05) is 0 Å². The molecule has 0 atom stereocenters. The first-order valence-corrected chi connectivity index (χ1v) is 4.28. The topological polar surface area (TPSA) is 31.0 Å². The van der Waals surface area contributed by atoms with Crippen molar-refractivity contribution in [3.8, 4) is 0 Å². The molecule has 2 heterocycles. The molecule has 0 radical (unpaired) electrons. The van der Waals surface area contributed by atoms with Crippen molar-refractivity contribution in [3.63, 3.8) is 0 Å². The first-order valence-electron chi connectivity index (χ1n) is 4.28. The van der Waals surface area contributed by atoms with E-state index in [4.69, 9.17) is 0 Å². The third-order valence-corrected chi connectivity index (χ3v) is 2.30. The number of fused-ring (bicyclic) bond motifs is 1. The summed E-state index contributed by atoms with van der Waals surface area (Å²) >= 11 is 0. The summed E-state index contributed by atoms with van der Waals surface area (Å²) in [5.74, 6) is 0. The quantitative estimate of drug-likeness (QED) is 0.450. The molecule has 3 nitrogen and oxygen atoms in total. The Kier molecular flexibility index (Phi) is 1.64. The van der Waals surface area contributed by atoms with Crippen LogP contribution in [-0.2, 0) is 13.0 Å². The maximum atomic E-state index is 11.0. The zero-order valence-electron chi connectivity index (χ0n) is 7.16. The van der Waals surface area contributed by atoms with Crippen LogP contribution in [0.4, 0.5) is 0 Å². The van der Waals surface area contributed by atoms with Gasteiger partial charge in [-0.2, -0.15) is 0 Å². The van der Waals surface area contributed by atoms with Crippen LogP contribution in [0.25, 0.3) is 0 Å². The van der Waals surface area contributed by atoms with Crippen LogP contribution in [0, 0.1) is 5.21 Å². The summed E-state index contributed by atoms with van der Waals surface area (Å²) in [6.07, 6.45) is 4.60. The molecule has 0 fully saturated rings. The van der Waals surface area contributed by atoms with Crippen molar-refractivity contribution in [1.82, 2.24) is 4.57 Å². The normalized spacial score (nSPS) is 15.6. The van der Waals surface area contributed by atoms with E-state index in [1.54, 1.807) is 6.21 Å². The maximum absolute atomic E-state index is 11.0. The van der Waals surface area contributed by atoms with Crippen molar-refractivity contribution in [2.45, 2.75) is 19.9 Å². The van der Waals surface area contributed by atoms with E-state index in [0.29, 0.717) is 6.54 Å². The van der Waals surface area contributed by atoms with Gasteiger partial charge in [0.25, 0.3) is 0 Å². The molecule has 1 aromatic heterocycles. The molecule has 1 aromatic rings. The van der Waals surface area contributed by atoms with Crippen molar-refractivity contribution in [1.29, 1.82) is 0 Å². The molecule has 0 saturated heterocycles. The van der Waals surface area contributed by atoms with Gasteiger partial charge in [0.05, 0.1) is 0 Å². The van der Waals surface area contributed by atoms with Crippen LogP contribution in [0.5, 0.6) is 0 Å². The average molecular weight is 164 g/mol. The Morgan fingerprint density at radius 1 is 1.67 bits per heavy atom. The van der Waals surface area contributed by atoms with Gasteiger partial charge >= 0.3 is 0 Å². The average Bonchev–Trinajstić information content (AvgIpc) is 2.46. The Labute approximate surface area is 71.5 Å². The lowest BCUT2D eigenvalue weighted by Gasteiger charge is -2.11. The monoisotopic (exact) mass is 164 g/mol. The minimum Gasteiger partial charge on any atom is -0.624 e. The van der Waals surface area contributed by atoms with Gasteiger partial charge in [-0.3, -0.25) is 0 Å². The Morgan fingerprint density at radius 3 is 3.25 bits per heavy atom. The van der Waals surface area contributed by atoms with Gasteiger partial charge in [-0.05, 0) is 18.6 Å². The molecule has 12 heavy (non-hydrogen) atoms. The number of hydroxylamine groups is 1. The molecule has 0 unspecified atom stereocenters. The van der Waals surface area contributed by atoms with Crippen molar-refractivity contribution in [3.05, 3.63) is 28.7 Å². The molecule has 2 rings (SSSR count). The summed E-state index contributed by atoms with van der Waals surface area (Å²) in [5.41, 5.74) is 2.38. The lowest BCUT2D eigenvalue weighted by atomic mass is 10.1. The summed E-state index contributed by atoms with van der Waals surface area (Å²) in [6, 6.07) is 2.10. The van der Waals surface area contributed by atoms with Gasteiger partial charge in [-0.25, -0.2) is 4.74 Å². The summed E-state index contributed by atoms with van der Waals surface area (Å²) in [7, 11) is 0. The Balaban J connectivity index is 2.49. The molecular weight excluding hydrogens is 152 g/mol. The highest BCUT2D eigenvalue weighted by molar-refractivity contribution is 5.76. The van der Waals surface area contributed by atoms with Crippen LogP contribution in [0.2, 0.25) is 0 Å². The van der Waals surface area contributed by atoms with Gasteiger partial charge in [0.15, 0.2) is 12.8 Å². The van der Waals surface area contributed by atoms with Crippen molar-refractivity contribution < 1.29 is 4.74 Å². The second kappa shape index (κ2) is 2.66. The number of hydrogen-bond acceptors (Lipinski definition) is 1. The molecule has 0 bridgehead atoms. The van der Waals surface area contributed by atoms with Crippen LogP contribution in [0.3, 0.4) is 0 Å². The van der Waals surface area contributed by atoms with E-state index in [0.717, 1.165) is 23.4 Å². The molecule has 3 heteroatoms. The van der Waals surface area contributed by atoms with E-state index in [2.05, 4.69) is 17.6 Å². The molecule has 0 amide bonds.